The lowest BCUT2D eigenvalue weighted by Crippen LogP contribution is -2.36. The molecule has 2 atom stereocenters. The molecule has 1 N–H and O–H groups in total. The first kappa shape index (κ1) is 25.9. The summed E-state index contributed by atoms with van der Waals surface area (Å²) in [5.41, 5.74) is 3.20. The molecule has 4 heterocycles. The summed E-state index contributed by atoms with van der Waals surface area (Å²) in [5.74, 6) is 0.679. The minimum atomic E-state index is -1.24. The number of alkyl halides is 1. The molecular weight excluding hydrogens is 471 g/mol. The van der Waals surface area contributed by atoms with Crippen LogP contribution in [0.5, 0.6) is 0 Å². The quantitative estimate of drug-likeness (QED) is 0.512. The predicted molar refractivity (Wildman–Crippen MR) is 143 cm³/mol. The van der Waals surface area contributed by atoms with Crippen LogP contribution in [0.3, 0.4) is 0 Å². The second kappa shape index (κ2) is 11.8. The van der Waals surface area contributed by atoms with Gasteiger partial charge in [0.05, 0.1) is 26.7 Å². The number of anilines is 2. The molecule has 0 spiro atoms. The average Bonchev–Trinajstić information content (AvgIpc) is 3.32. The molecule has 0 amide bonds. The molecule has 37 heavy (non-hydrogen) atoms. The molecule has 2 aromatic rings. The number of hydrogen-bond donors (Lipinski definition) is 1. The Kier molecular flexibility index (Phi) is 8.25. The predicted octanol–water partition coefficient (Wildman–Crippen LogP) is 3.97. The number of carbonyl (C=O) groups excluding carboxylic acids is 1. The van der Waals surface area contributed by atoms with E-state index in [1.54, 1.807) is 0 Å². The Morgan fingerprint density at radius 1 is 1.24 bits per heavy atom. The third kappa shape index (κ3) is 6.60. The third-order valence-corrected chi connectivity index (χ3v) is 8.00. The highest BCUT2D eigenvalue weighted by Gasteiger charge is 2.39. The van der Waals surface area contributed by atoms with Gasteiger partial charge in [-0.25, -0.2) is 9.37 Å². The lowest BCUT2D eigenvalue weighted by atomic mass is 9.94. The number of fused-ring (bicyclic) bond motifs is 1. The van der Waals surface area contributed by atoms with Gasteiger partial charge in [0.15, 0.2) is 0 Å². The first-order valence-corrected chi connectivity index (χ1v) is 13.6. The Hall–Kier alpha value is -2.71. The number of likely N-dealkylation sites (tertiary alicyclic amines) is 1. The smallest absolute Gasteiger partial charge is 0.306 e. The van der Waals surface area contributed by atoms with Gasteiger partial charge < -0.3 is 19.7 Å². The molecule has 0 saturated carbocycles. The molecule has 7 nitrogen and oxygen atoms in total. The first-order valence-electron chi connectivity index (χ1n) is 13.6. The van der Waals surface area contributed by atoms with Crippen molar-refractivity contribution in [2.75, 3.05) is 69.8 Å². The summed E-state index contributed by atoms with van der Waals surface area (Å²) in [6.45, 7) is 5.82. The van der Waals surface area contributed by atoms with Crippen LogP contribution < -0.4 is 10.2 Å². The number of halogens is 1. The van der Waals surface area contributed by atoms with E-state index in [1.807, 2.05) is 6.07 Å². The van der Waals surface area contributed by atoms with Crippen LogP contribution in [0.1, 0.15) is 48.4 Å². The maximum atomic E-state index is 15.9. The zero-order valence-electron chi connectivity index (χ0n) is 21.9. The van der Waals surface area contributed by atoms with Gasteiger partial charge in [0.1, 0.15) is 11.5 Å². The van der Waals surface area contributed by atoms with E-state index in [9.17, 15) is 4.79 Å². The van der Waals surface area contributed by atoms with Gasteiger partial charge in [-0.1, -0.05) is 18.2 Å². The summed E-state index contributed by atoms with van der Waals surface area (Å²) < 4.78 is 26.4. The van der Waals surface area contributed by atoms with Crippen molar-refractivity contribution in [3.63, 3.8) is 0 Å². The minimum Gasteiger partial charge on any atom is -0.469 e. The minimum absolute atomic E-state index is 0.0517. The number of hydrogen-bond acceptors (Lipinski definition) is 7. The monoisotopic (exact) mass is 510 g/mol. The fraction of sp³-hybridized carbons (Fsp3) is 0.586. The van der Waals surface area contributed by atoms with E-state index in [0.29, 0.717) is 38.9 Å². The molecule has 2 saturated heterocycles. The number of benzene rings is 1. The Labute approximate surface area is 219 Å². The highest BCUT2D eigenvalue weighted by atomic mass is 19.1. The number of methoxy groups -OCH3 is 1. The van der Waals surface area contributed by atoms with Gasteiger partial charge in [0.25, 0.3) is 0 Å². The number of aromatic nitrogens is 1. The zero-order chi connectivity index (χ0) is 25.7. The Bertz CT molecular complexity index is 1080. The first-order chi connectivity index (χ1) is 18.0. The van der Waals surface area contributed by atoms with Crippen LogP contribution in [-0.4, -0.2) is 81.1 Å². The fourth-order valence-electron chi connectivity index (χ4n) is 5.82. The van der Waals surface area contributed by atoms with Gasteiger partial charge in [-0.05, 0) is 61.4 Å². The lowest BCUT2D eigenvalue weighted by molar-refractivity contribution is -0.141. The van der Waals surface area contributed by atoms with Crippen molar-refractivity contribution in [3.8, 4) is 0 Å². The van der Waals surface area contributed by atoms with Crippen LogP contribution in [0.2, 0.25) is 0 Å². The van der Waals surface area contributed by atoms with Gasteiger partial charge in [-0.2, -0.15) is 0 Å². The largest absolute Gasteiger partial charge is 0.469 e. The van der Waals surface area contributed by atoms with Gasteiger partial charge in [-0.3, -0.25) is 9.69 Å². The van der Waals surface area contributed by atoms with Gasteiger partial charge >= 0.3 is 5.97 Å². The summed E-state index contributed by atoms with van der Waals surface area (Å²) in [5, 5.41) is 3.37. The number of carbonyl (C=O) groups is 1. The van der Waals surface area contributed by atoms with Gasteiger partial charge in [0, 0.05) is 56.6 Å². The van der Waals surface area contributed by atoms with Crippen LogP contribution in [-0.2, 0) is 27.1 Å². The second-order valence-electron chi connectivity index (χ2n) is 10.6. The average molecular weight is 511 g/mol. The van der Waals surface area contributed by atoms with Crippen molar-refractivity contribution in [1.29, 1.82) is 0 Å². The molecule has 2 fully saturated rings. The van der Waals surface area contributed by atoms with Crippen LogP contribution in [0.25, 0.3) is 0 Å². The summed E-state index contributed by atoms with van der Waals surface area (Å²) in [4.78, 5) is 21.5. The second-order valence-corrected chi connectivity index (χ2v) is 10.6. The summed E-state index contributed by atoms with van der Waals surface area (Å²) in [7, 11) is 1.43. The molecule has 1 aromatic carbocycles. The fourth-order valence-corrected chi connectivity index (χ4v) is 5.82. The normalized spacial score (nSPS) is 22.8. The number of nitrogens with zero attached hydrogens (tertiary/aromatic N) is 3. The van der Waals surface area contributed by atoms with E-state index in [1.165, 1.54) is 12.7 Å². The van der Waals surface area contributed by atoms with Gasteiger partial charge in [-0.15, -0.1) is 0 Å². The number of esters is 1. The van der Waals surface area contributed by atoms with Crippen molar-refractivity contribution in [2.45, 2.75) is 50.1 Å². The van der Waals surface area contributed by atoms with Crippen LogP contribution >= 0.6 is 0 Å². The summed E-state index contributed by atoms with van der Waals surface area (Å²) in [6, 6.07) is 12.6. The number of morpholine rings is 1. The van der Waals surface area contributed by atoms with Crippen LogP contribution in [0.4, 0.5) is 15.9 Å². The Morgan fingerprint density at radius 3 is 2.95 bits per heavy atom. The molecular formula is C29H39FN4O3. The maximum Gasteiger partial charge on any atom is 0.306 e. The molecule has 0 bridgehead atoms. The number of rotatable bonds is 9. The Balaban J connectivity index is 1.22. The van der Waals surface area contributed by atoms with E-state index in [4.69, 9.17) is 14.5 Å². The number of pyridine rings is 1. The number of ether oxygens (including phenoxy) is 2. The topological polar surface area (TPSA) is 66.9 Å². The van der Waals surface area contributed by atoms with Crippen molar-refractivity contribution < 1.29 is 18.7 Å². The maximum absolute atomic E-state index is 15.9. The van der Waals surface area contributed by atoms with Crippen LogP contribution in [0, 0.1) is 0 Å². The number of aryl methyl sites for hydroxylation is 2. The molecule has 0 aliphatic carbocycles. The van der Waals surface area contributed by atoms with Crippen molar-refractivity contribution in [3.05, 3.63) is 53.2 Å². The third-order valence-electron chi connectivity index (χ3n) is 8.00. The summed E-state index contributed by atoms with van der Waals surface area (Å²) >= 11 is 0. The van der Waals surface area contributed by atoms with Crippen molar-refractivity contribution in [1.82, 2.24) is 9.88 Å². The molecule has 2 unspecified atom stereocenters. The highest BCUT2D eigenvalue weighted by Crippen LogP contribution is 2.34. The molecule has 3 aliphatic heterocycles. The van der Waals surface area contributed by atoms with E-state index < -0.39 is 5.67 Å². The van der Waals surface area contributed by atoms with Crippen molar-refractivity contribution >= 4 is 17.5 Å². The molecule has 1 aromatic heterocycles. The number of nitrogens with one attached hydrogen (secondary N) is 1. The lowest BCUT2D eigenvalue weighted by Gasteiger charge is -2.30. The Morgan fingerprint density at radius 2 is 2.11 bits per heavy atom. The van der Waals surface area contributed by atoms with Gasteiger partial charge in [0.2, 0.25) is 0 Å². The molecule has 200 valence electrons. The SMILES string of the molecule is COC(=O)CC(CN1CCC(F)(CCc2ccc3c(n2)NCCC3)C1)c1cccc(N2CCOCC2)c1. The standard InChI is InChI=1S/C29H39FN4O3/c1-36-27(35)19-24(23-4-2-6-26(18-23)34-14-16-37-17-15-34)20-33-13-11-29(30,21-33)10-9-25-8-7-22-5-3-12-31-28(22)32-25/h2,4,6-8,18,24H,3,5,9-17,19-21H2,1H3,(H,31,32). The molecule has 3 aliphatic rings. The zero-order valence-corrected chi connectivity index (χ0v) is 21.9. The van der Waals surface area contributed by atoms with E-state index in [0.717, 1.165) is 68.5 Å². The summed E-state index contributed by atoms with van der Waals surface area (Å²) in [6.07, 6.45) is 4.07. The van der Waals surface area contributed by atoms with Crippen LogP contribution in [0.15, 0.2) is 36.4 Å². The highest BCUT2D eigenvalue weighted by molar-refractivity contribution is 5.70. The van der Waals surface area contributed by atoms with E-state index >= 15 is 4.39 Å². The molecule has 0 radical (unpaired) electrons. The van der Waals surface area contributed by atoms with E-state index in [-0.39, 0.29) is 18.3 Å². The molecule has 5 rings (SSSR count). The van der Waals surface area contributed by atoms with Crippen molar-refractivity contribution in [2.24, 2.45) is 0 Å². The van der Waals surface area contributed by atoms with E-state index in [2.05, 4.69) is 45.4 Å². The molecule has 8 heteroatoms.